The van der Waals surface area contributed by atoms with Gasteiger partial charge in [0.1, 0.15) is 5.76 Å². The van der Waals surface area contributed by atoms with Crippen molar-refractivity contribution in [1.82, 2.24) is 10.6 Å². The molecule has 0 bridgehead atoms. The van der Waals surface area contributed by atoms with Crippen LogP contribution < -0.4 is 10.6 Å². The number of hydrogen-bond acceptors (Lipinski definition) is 3. The molecule has 4 nitrogen and oxygen atoms in total. The number of carbonyl (C=O) groups excluding carboxylic acids is 1. The summed E-state index contributed by atoms with van der Waals surface area (Å²) in [6, 6.07) is 3.48. The van der Waals surface area contributed by atoms with Crippen LogP contribution in [0.2, 0.25) is 5.22 Å². The number of nitrogens with one attached hydrogen (secondary N) is 2. The standard InChI is InChI=1S/C11H15ClN2O2/c12-10-4-3-9(16-10)6-13-7-11(15)14-5-8-1-2-8/h3-4,8,13H,1-2,5-7H2,(H,14,15). The van der Waals surface area contributed by atoms with Crippen molar-refractivity contribution in [3.63, 3.8) is 0 Å². The van der Waals surface area contributed by atoms with E-state index in [-0.39, 0.29) is 5.91 Å². The quantitative estimate of drug-likeness (QED) is 0.796. The number of halogens is 1. The molecule has 16 heavy (non-hydrogen) atoms. The van der Waals surface area contributed by atoms with Crippen LogP contribution in [-0.2, 0) is 11.3 Å². The molecule has 0 radical (unpaired) electrons. The predicted molar refractivity (Wildman–Crippen MR) is 61.2 cm³/mol. The van der Waals surface area contributed by atoms with Gasteiger partial charge < -0.3 is 15.1 Å². The molecule has 1 aliphatic carbocycles. The highest BCUT2D eigenvalue weighted by molar-refractivity contribution is 6.28. The van der Waals surface area contributed by atoms with Gasteiger partial charge in [0.2, 0.25) is 5.91 Å². The van der Waals surface area contributed by atoms with E-state index in [1.807, 2.05) is 0 Å². The second kappa shape index (κ2) is 5.37. The Labute approximate surface area is 99.3 Å². The molecular weight excluding hydrogens is 228 g/mol. The molecule has 0 aromatic carbocycles. The molecule has 0 aliphatic heterocycles. The molecule has 1 amide bonds. The summed E-state index contributed by atoms with van der Waals surface area (Å²) in [5.74, 6) is 1.48. The maximum absolute atomic E-state index is 11.3. The molecule has 88 valence electrons. The van der Waals surface area contributed by atoms with Crippen LogP contribution in [0.5, 0.6) is 0 Å². The van der Waals surface area contributed by atoms with Gasteiger partial charge in [-0.1, -0.05) is 0 Å². The van der Waals surface area contributed by atoms with Gasteiger partial charge in [0.15, 0.2) is 5.22 Å². The Balaban J connectivity index is 1.57. The van der Waals surface area contributed by atoms with E-state index in [2.05, 4.69) is 10.6 Å². The third-order valence-electron chi connectivity index (χ3n) is 2.50. The lowest BCUT2D eigenvalue weighted by atomic mass is 10.4. The zero-order valence-electron chi connectivity index (χ0n) is 8.96. The van der Waals surface area contributed by atoms with Crippen LogP contribution in [0.3, 0.4) is 0 Å². The van der Waals surface area contributed by atoms with Crippen LogP contribution in [0.4, 0.5) is 0 Å². The van der Waals surface area contributed by atoms with Crippen molar-refractivity contribution in [3.8, 4) is 0 Å². The number of amides is 1. The Morgan fingerprint density at radius 2 is 2.31 bits per heavy atom. The van der Waals surface area contributed by atoms with Crippen molar-refractivity contribution >= 4 is 17.5 Å². The van der Waals surface area contributed by atoms with Crippen LogP contribution in [0.25, 0.3) is 0 Å². The van der Waals surface area contributed by atoms with Crippen LogP contribution in [0.1, 0.15) is 18.6 Å². The maximum atomic E-state index is 11.3. The molecule has 1 heterocycles. The van der Waals surface area contributed by atoms with Gasteiger partial charge in [0.05, 0.1) is 13.1 Å². The van der Waals surface area contributed by atoms with E-state index in [0.29, 0.717) is 24.2 Å². The number of hydrogen-bond donors (Lipinski definition) is 2. The fourth-order valence-corrected chi connectivity index (χ4v) is 1.55. The monoisotopic (exact) mass is 242 g/mol. The SMILES string of the molecule is O=C(CNCc1ccc(Cl)o1)NCC1CC1. The van der Waals surface area contributed by atoms with Gasteiger partial charge in [-0.3, -0.25) is 4.79 Å². The first-order valence-electron chi connectivity index (χ1n) is 5.45. The molecule has 0 spiro atoms. The van der Waals surface area contributed by atoms with E-state index >= 15 is 0 Å². The molecule has 1 saturated carbocycles. The fraction of sp³-hybridized carbons (Fsp3) is 0.545. The summed E-state index contributed by atoms with van der Waals surface area (Å²) in [6.07, 6.45) is 2.50. The minimum atomic E-state index is 0.0320. The maximum Gasteiger partial charge on any atom is 0.233 e. The van der Waals surface area contributed by atoms with Crippen LogP contribution in [0.15, 0.2) is 16.5 Å². The van der Waals surface area contributed by atoms with E-state index in [9.17, 15) is 4.79 Å². The van der Waals surface area contributed by atoms with E-state index in [0.717, 1.165) is 12.3 Å². The lowest BCUT2D eigenvalue weighted by Gasteiger charge is -2.04. The van der Waals surface area contributed by atoms with Gasteiger partial charge in [-0.25, -0.2) is 0 Å². The molecule has 5 heteroatoms. The number of carbonyl (C=O) groups is 1. The van der Waals surface area contributed by atoms with E-state index < -0.39 is 0 Å². The largest absolute Gasteiger partial charge is 0.448 e. The fourth-order valence-electron chi connectivity index (χ4n) is 1.39. The molecular formula is C11H15ClN2O2. The lowest BCUT2D eigenvalue weighted by Crippen LogP contribution is -2.34. The summed E-state index contributed by atoms with van der Waals surface area (Å²) >= 11 is 5.62. The molecule has 1 aliphatic rings. The third-order valence-corrected chi connectivity index (χ3v) is 2.70. The topological polar surface area (TPSA) is 54.3 Å². The van der Waals surface area contributed by atoms with Crippen LogP contribution >= 0.6 is 11.6 Å². The van der Waals surface area contributed by atoms with Gasteiger partial charge in [-0.05, 0) is 42.5 Å². The summed E-state index contributed by atoms with van der Waals surface area (Å²) in [4.78, 5) is 11.3. The van der Waals surface area contributed by atoms with Gasteiger partial charge in [0, 0.05) is 6.54 Å². The molecule has 0 saturated heterocycles. The number of furan rings is 1. The summed E-state index contributed by atoms with van der Waals surface area (Å²) in [6.45, 7) is 1.64. The molecule has 1 fully saturated rings. The highest BCUT2D eigenvalue weighted by Crippen LogP contribution is 2.27. The summed E-state index contributed by atoms with van der Waals surface area (Å²) in [5.41, 5.74) is 0. The Morgan fingerprint density at radius 1 is 1.50 bits per heavy atom. The second-order valence-corrected chi connectivity index (χ2v) is 4.43. The van der Waals surface area contributed by atoms with Crippen molar-refractivity contribution in [2.45, 2.75) is 19.4 Å². The third kappa shape index (κ3) is 3.87. The Kier molecular flexibility index (Phi) is 3.85. The van der Waals surface area contributed by atoms with Crippen molar-refractivity contribution in [2.75, 3.05) is 13.1 Å². The second-order valence-electron chi connectivity index (χ2n) is 4.06. The number of rotatable bonds is 6. The van der Waals surface area contributed by atoms with E-state index in [1.165, 1.54) is 12.8 Å². The highest BCUT2D eigenvalue weighted by Gasteiger charge is 2.21. The zero-order chi connectivity index (χ0) is 11.4. The molecule has 2 N–H and O–H groups in total. The molecule has 1 aromatic heterocycles. The summed E-state index contributed by atoms with van der Waals surface area (Å²) in [5, 5.41) is 6.24. The molecule has 1 aromatic rings. The zero-order valence-corrected chi connectivity index (χ0v) is 9.72. The van der Waals surface area contributed by atoms with Gasteiger partial charge >= 0.3 is 0 Å². The first kappa shape index (κ1) is 11.5. The highest BCUT2D eigenvalue weighted by atomic mass is 35.5. The summed E-state index contributed by atoms with van der Waals surface area (Å²) < 4.78 is 5.14. The van der Waals surface area contributed by atoms with E-state index in [4.69, 9.17) is 16.0 Å². The molecule has 0 unspecified atom stereocenters. The first-order valence-corrected chi connectivity index (χ1v) is 5.83. The van der Waals surface area contributed by atoms with Gasteiger partial charge in [-0.15, -0.1) is 0 Å². The van der Waals surface area contributed by atoms with Crippen molar-refractivity contribution in [2.24, 2.45) is 5.92 Å². The normalized spacial score (nSPS) is 15.1. The lowest BCUT2D eigenvalue weighted by molar-refractivity contribution is -0.120. The van der Waals surface area contributed by atoms with Crippen LogP contribution in [-0.4, -0.2) is 19.0 Å². The van der Waals surface area contributed by atoms with Crippen molar-refractivity contribution in [1.29, 1.82) is 0 Å². The molecule has 2 rings (SSSR count). The minimum Gasteiger partial charge on any atom is -0.448 e. The first-order chi connectivity index (χ1) is 7.74. The average Bonchev–Trinajstić information content (AvgIpc) is 2.99. The van der Waals surface area contributed by atoms with Gasteiger partial charge in [0.25, 0.3) is 0 Å². The van der Waals surface area contributed by atoms with Gasteiger partial charge in [-0.2, -0.15) is 0 Å². The Morgan fingerprint density at radius 3 is 2.94 bits per heavy atom. The van der Waals surface area contributed by atoms with Crippen molar-refractivity contribution in [3.05, 3.63) is 23.1 Å². The minimum absolute atomic E-state index is 0.0320. The van der Waals surface area contributed by atoms with Crippen LogP contribution in [0, 0.1) is 5.92 Å². The van der Waals surface area contributed by atoms with E-state index in [1.54, 1.807) is 12.1 Å². The Bertz CT molecular complexity index is 361. The smallest absolute Gasteiger partial charge is 0.233 e. The Hall–Kier alpha value is -1.00. The average molecular weight is 243 g/mol. The predicted octanol–water partition coefficient (Wildman–Crippen LogP) is 1.55. The van der Waals surface area contributed by atoms with Crippen molar-refractivity contribution < 1.29 is 9.21 Å². The summed E-state index contributed by atoms with van der Waals surface area (Å²) in [7, 11) is 0. The molecule has 0 atom stereocenters.